The van der Waals surface area contributed by atoms with Crippen molar-refractivity contribution < 1.29 is 13.9 Å². The Morgan fingerprint density at radius 2 is 2.18 bits per heavy atom. The molecule has 174 valence electrons. The first-order valence-electron chi connectivity index (χ1n) is 11.2. The van der Waals surface area contributed by atoms with E-state index in [1.807, 2.05) is 6.07 Å². The third kappa shape index (κ3) is 4.29. The molecule has 4 heterocycles. The molecule has 34 heavy (non-hydrogen) atoms. The van der Waals surface area contributed by atoms with Gasteiger partial charge in [0.05, 0.1) is 30.3 Å². The van der Waals surface area contributed by atoms with E-state index >= 15 is 0 Å². The van der Waals surface area contributed by atoms with Crippen LogP contribution in [0.2, 0.25) is 0 Å². The fourth-order valence-electron chi connectivity index (χ4n) is 4.25. The van der Waals surface area contributed by atoms with E-state index < -0.39 is 0 Å². The van der Waals surface area contributed by atoms with Crippen LogP contribution in [0.25, 0.3) is 17.4 Å². The largest absolute Gasteiger partial charge is 0.463 e. The molecule has 5 rings (SSSR count). The van der Waals surface area contributed by atoms with Crippen molar-refractivity contribution in [3.05, 3.63) is 77.4 Å². The molecule has 4 aromatic rings. The standard InChI is InChI=1S/C25H26N6O3/c1-30-11-3-5-18-13-17(7-8-21(18)30)14-27-24(32)19-15-28-31(22(19)16-33-2)25-26-10-9-20(29-25)23-6-4-12-34-23/h4,6-10,12-13,15H,3,5,11,14,16H2,1-2H3,(H,27,32). The number of anilines is 1. The van der Waals surface area contributed by atoms with E-state index in [4.69, 9.17) is 9.15 Å². The number of carbonyl (C=O) groups is 1. The summed E-state index contributed by atoms with van der Waals surface area (Å²) in [5, 5.41) is 7.40. The van der Waals surface area contributed by atoms with Gasteiger partial charge in [-0.25, -0.2) is 9.97 Å². The summed E-state index contributed by atoms with van der Waals surface area (Å²) in [4.78, 5) is 24.2. The maximum absolute atomic E-state index is 13.1. The monoisotopic (exact) mass is 458 g/mol. The van der Waals surface area contributed by atoms with Gasteiger partial charge in [-0.1, -0.05) is 12.1 Å². The lowest BCUT2D eigenvalue weighted by atomic mass is 9.99. The van der Waals surface area contributed by atoms with Crippen molar-refractivity contribution in [2.75, 3.05) is 25.6 Å². The van der Waals surface area contributed by atoms with E-state index in [1.54, 1.807) is 31.7 Å². The topological polar surface area (TPSA) is 98.3 Å². The average molecular weight is 459 g/mol. The van der Waals surface area contributed by atoms with Crippen LogP contribution in [0.3, 0.4) is 0 Å². The summed E-state index contributed by atoms with van der Waals surface area (Å²) in [6, 6.07) is 11.8. The molecule has 0 radical (unpaired) electrons. The molecule has 1 amide bonds. The Morgan fingerprint density at radius 1 is 1.26 bits per heavy atom. The number of methoxy groups -OCH3 is 1. The van der Waals surface area contributed by atoms with Crippen molar-refractivity contribution in [1.29, 1.82) is 0 Å². The molecule has 9 heteroatoms. The van der Waals surface area contributed by atoms with E-state index in [0.717, 1.165) is 24.9 Å². The molecule has 0 fully saturated rings. The predicted octanol–water partition coefficient (Wildman–Crippen LogP) is 3.38. The van der Waals surface area contributed by atoms with E-state index in [-0.39, 0.29) is 12.5 Å². The Hall–Kier alpha value is -3.98. The lowest BCUT2D eigenvalue weighted by Gasteiger charge is -2.27. The second-order valence-electron chi connectivity index (χ2n) is 8.24. The molecule has 0 spiro atoms. The highest BCUT2D eigenvalue weighted by Crippen LogP contribution is 2.27. The summed E-state index contributed by atoms with van der Waals surface area (Å²) in [6.07, 6.45) is 6.94. The Labute approximate surface area is 197 Å². The van der Waals surface area contributed by atoms with Crippen LogP contribution < -0.4 is 10.2 Å². The lowest BCUT2D eigenvalue weighted by Crippen LogP contribution is -2.26. The lowest BCUT2D eigenvalue weighted by molar-refractivity contribution is 0.0945. The van der Waals surface area contributed by atoms with Crippen LogP contribution in [0.1, 0.15) is 33.6 Å². The summed E-state index contributed by atoms with van der Waals surface area (Å²) < 4.78 is 12.3. The van der Waals surface area contributed by atoms with Crippen LogP contribution in [0, 0.1) is 0 Å². The molecule has 3 aromatic heterocycles. The molecule has 9 nitrogen and oxygen atoms in total. The SMILES string of the molecule is COCc1c(C(=O)NCc2ccc3c(c2)CCCN3C)cnn1-c1nccc(-c2ccco2)n1. The summed E-state index contributed by atoms with van der Waals surface area (Å²) in [5.74, 6) is 0.729. The molecule has 1 aliphatic heterocycles. The number of nitrogens with one attached hydrogen (secondary N) is 1. The molecular formula is C25H26N6O3. The van der Waals surface area contributed by atoms with Gasteiger partial charge in [0.15, 0.2) is 5.76 Å². The quantitative estimate of drug-likeness (QED) is 0.453. The molecule has 1 aromatic carbocycles. The van der Waals surface area contributed by atoms with Gasteiger partial charge >= 0.3 is 0 Å². The fraction of sp³-hybridized carbons (Fsp3) is 0.280. The van der Waals surface area contributed by atoms with Crippen molar-refractivity contribution in [3.8, 4) is 17.4 Å². The van der Waals surface area contributed by atoms with Crippen LogP contribution >= 0.6 is 0 Å². The number of fused-ring (bicyclic) bond motifs is 1. The summed E-state index contributed by atoms with van der Waals surface area (Å²) in [6.45, 7) is 1.68. The maximum atomic E-state index is 13.1. The third-order valence-electron chi connectivity index (χ3n) is 5.95. The van der Waals surface area contributed by atoms with Crippen molar-refractivity contribution in [2.45, 2.75) is 26.0 Å². The first-order chi connectivity index (χ1) is 16.6. The highest BCUT2D eigenvalue weighted by atomic mass is 16.5. The van der Waals surface area contributed by atoms with Crippen LogP contribution in [0.4, 0.5) is 5.69 Å². The first kappa shape index (κ1) is 21.8. The summed E-state index contributed by atoms with van der Waals surface area (Å²) in [5.41, 5.74) is 5.27. The van der Waals surface area contributed by atoms with Crippen LogP contribution in [-0.2, 0) is 24.3 Å². The van der Waals surface area contributed by atoms with Gasteiger partial charge in [0.25, 0.3) is 11.9 Å². The molecule has 0 unspecified atom stereocenters. The Kier molecular flexibility index (Phi) is 6.09. The summed E-state index contributed by atoms with van der Waals surface area (Å²) in [7, 11) is 3.69. The molecule has 0 saturated carbocycles. The van der Waals surface area contributed by atoms with Gasteiger partial charge in [0.2, 0.25) is 0 Å². The van der Waals surface area contributed by atoms with Crippen molar-refractivity contribution in [3.63, 3.8) is 0 Å². The fourth-order valence-corrected chi connectivity index (χ4v) is 4.25. The number of benzene rings is 1. The smallest absolute Gasteiger partial charge is 0.255 e. The molecule has 0 aliphatic carbocycles. The zero-order valence-electron chi connectivity index (χ0n) is 19.2. The van der Waals surface area contributed by atoms with Crippen LogP contribution in [-0.4, -0.2) is 46.4 Å². The average Bonchev–Trinajstić information content (AvgIpc) is 3.54. The number of rotatable bonds is 7. The van der Waals surface area contributed by atoms with Gasteiger partial charge in [0.1, 0.15) is 5.69 Å². The third-order valence-corrected chi connectivity index (χ3v) is 5.95. The number of hydrogen-bond acceptors (Lipinski definition) is 7. The number of aromatic nitrogens is 4. The minimum atomic E-state index is -0.227. The highest BCUT2D eigenvalue weighted by molar-refractivity contribution is 5.95. The number of furan rings is 1. The van der Waals surface area contributed by atoms with Crippen LogP contribution in [0.15, 0.2) is 59.5 Å². The number of hydrogen-bond donors (Lipinski definition) is 1. The van der Waals surface area contributed by atoms with E-state index in [9.17, 15) is 4.79 Å². The van der Waals surface area contributed by atoms with Gasteiger partial charge in [-0.3, -0.25) is 4.79 Å². The molecule has 0 saturated heterocycles. The second kappa shape index (κ2) is 9.48. The minimum Gasteiger partial charge on any atom is -0.463 e. The molecule has 1 N–H and O–H groups in total. The number of nitrogens with zero attached hydrogens (tertiary/aromatic N) is 5. The Balaban J connectivity index is 1.36. The zero-order chi connectivity index (χ0) is 23.5. The summed E-state index contributed by atoms with van der Waals surface area (Å²) >= 11 is 0. The molecule has 0 atom stereocenters. The second-order valence-corrected chi connectivity index (χ2v) is 8.24. The van der Waals surface area contributed by atoms with E-state index in [1.165, 1.54) is 22.1 Å². The maximum Gasteiger partial charge on any atom is 0.255 e. The predicted molar refractivity (Wildman–Crippen MR) is 127 cm³/mol. The number of ether oxygens (including phenoxy) is 1. The van der Waals surface area contributed by atoms with Gasteiger partial charge < -0.3 is 19.4 Å². The van der Waals surface area contributed by atoms with Crippen molar-refractivity contribution in [2.24, 2.45) is 0 Å². The van der Waals surface area contributed by atoms with Gasteiger partial charge in [-0.05, 0) is 48.2 Å². The van der Waals surface area contributed by atoms with Gasteiger partial charge in [-0.2, -0.15) is 9.78 Å². The van der Waals surface area contributed by atoms with E-state index in [0.29, 0.717) is 35.2 Å². The first-order valence-corrected chi connectivity index (χ1v) is 11.2. The van der Waals surface area contributed by atoms with Crippen molar-refractivity contribution in [1.82, 2.24) is 25.1 Å². The van der Waals surface area contributed by atoms with Gasteiger partial charge in [-0.15, -0.1) is 0 Å². The Morgan fingerprint density at radius 3 is 3.00 bits per heavy atom. The number of amides is 1. The van der Waals surface area contributed by atoms with Crippen LogP contribution in [0.5, 0.6) is 0 Å². The highest BCUT2D eigenvalue weighted by Gasteiger charge is 2.21. The van der Waals surface area contributed by atoms with Crippen molar-refractivity contribution >= 4 is 11.6 Å². The van der Waals surface area contributed by atoms with Gasteiger partial charge in [0, 0.05) is 39.1 Å². The molecular weight excluding hydrogens is 432 g/mol. The Bertz CT molecular complexity index is 1300. The molecule has 0 bridgehead atoms. The van der Waals surface area contributed by atoms with E-state index in [2.05, 4.69) is 50.5 Å². The molecule has 1 aliphatic rings. The normalized spacial score (nSPS) is 13.1. The number of carbonyl (C=O) groups excluding carboxylic acids is 1. The number of aryl methyl sites for hydroxylation is 1. The minimum absolute atomic E-state index is 0.183. The zero-order valence-corrected chi connectivity index (χ0v) is 19.2.